The molecule has 0 atom stereocenters. The molecule has 0 radical (unpaired) electrons. The van der Waals surface area contributed by atoms with Crippen LogP contribution in [0.4, 0.5) is 20.7 Å². The van der Waals surface area contributed by atoms with Crippen molar-refractivity contribution in [1.29, 1.82) is 0 Å². The van der Waals surface area contributed by atoms with Crippen molar-refractivity contribution in [3.63, 3.8) is 0 Å². The maximum absolute atomic E-state index is 13.2. The largest absolute Gasteiger partial charge is 0.349 e. The van der Waals surface area contributed by atoms with E-state index in [4.69, 9.17) is 0 Å². The summed E-state index contributed by atoms with van der Waals surface area (Å²) in [5, 5.41) is 10.0. The average molecular weight is 455 g/mol. The third-order valence-corrected chi connectivity index (χ3v) is 6.15. The molecule has 0 bridgehead atoms. The molecule has 0 aliphatic rings. The van der Waals surface area contributed by atoms with E-state index in [0.717, 1.165) is 15.2 Å². The van der Waals surface area contributed by atoms with Gasteiger partial charge in [-0.05, 0) is 47.5 Å². The fraction of sp³-hybridized carbons (Fsp3) is 0.0909. The fourth-order valence-corrected chi connectivity index (χ4v) is 4.13. The van der Waals surface area contributed by atoms with E-state index in [1.807, 2.05) is 0 Å². The Labute approximate surface area is 183 Å². The standard InChI is InChI=1S/C22H19F2N5O2S/c23-18-10-6-16(7-11-18)14-25-21-27-22(26-15-17-8-12-19(24)13-9-17)29(28-21)32(30,31)20-4-2-1-3-5-20/h1-13H,14-15H2,(H2,25,26,27,28). The minimum atomic E-state index is -4.02. The first-order chi connectivity index (χ1) is 15.4. The minimum Gasteiger partial charge on any atom is -0.349 e. The van der Waals surface area contributed by atoms with Crippen LogP contribution in [-0.2, 0) is 23.1 Å². The summed E-state index contributed by atoms with van der Waals surface area (Å²) >= 11 is 0. The van der Waals surface area contributed by atoms with Crippen LogP contribution in [0, 0.1) is 11.6 Å². The Balaban J connectivity index is 1.61. The Kier molecular flexibility index (Phi) is 6.13. The van der Waals surface area contributed by atoms with Gasteiger partial charge in [0, 0.05) is 13.1 Å². The van der Waals surface area contributed by atoms with Crippen molar-refractivity contribution >= 4 is 21.9 Å². The van der Waals surface area contributed by atoms with Crippen LogP contribution < -0.4 is 10.6 Å². The van der Waals surface area contributed by atoms with Crippen molar-refractivity contribution < 1.29 is 17.2 Å². The highest BCUT2D eigenvalue weighted by molar-refractivity contribution is 7.90. The predicted octanol–water partition coefficient (Wildman–Crippen LogP) is 4.02. The summed E-state index contributed by atoms with van der Waals surface area (Å²) in [6.45, 7) is 0.480. The summed E-state index contributed by atoms with van der Waals surface area (Å²) < 4.78 is 53.3. The molecule has 32 heavy (non-hydrogen) atoms. The number of nitrogens with one attached hydrogen (secondary N) is 2. The maximum Gasteiger partial charge on any atom is 0.286 e. The van der Waals surface area contributed by atoms with Crippen LogP contribution in [0.2, 0.25) is 0 Å². The van der Waals surface area contributed by atoms with E-state index < -0.39 is 10.0 Å². The molecular formula is C22H19F2N5O2S. The van der Waals surface area contributed by atoms with E-state index in [1.165, 1.54) is 36.4 Å². The molecule has 3 aromatic carbocycles. The molecule has 4 aromatic rings. The molecule has 0 amide bonds. The zero-order chi connectivity index (χ0) is 22.6. The molecular weight excluding hydrogens is 436 g/mol. The van der Waals surface area contributed by atoms with Gasteiger partial charge in [0.1, 0.15) is 11.6 Å². The lowest BCUT2D eigenvalue weighted by Gasteiger charge is -2.09. The Hall–Kier alpha value is -3.79. The van der Waals surface area contributed by atoms with Gasteiger partial charge in [0.2, 0.25) is 11.9 Å². The monoisotopic (exact) mass is 455 g/mol. The van der Waals surface area contributed by atoms with Crippen LogP contribution in [0.25, 0.3) is 0 Å². The smallest absolute Gasteiger partial charge is 0.286 e. The van der Waals surface area contributed by atoms with Gasteiger partial charge < -0.3 is 10.6 Å². The Morgan fingerprint density at radius 2 is 1.28 bits per heavy atom. The van der Waals surface area contributed by atoms with E-state index >= 15 is 0 Å². The number of nitrogens with zero attached hydrogens (tertiary/aromatic N) is 3. The van der Waals surface area contributed by atoms with Gasteiger partial charge in [-0.15, -0.1) is 9.19 Å². The van der Waals surface area contributed by atoms with Crippen molar-refractivity contribution in [2.45, 2.75) is 18.0 Å². The van der Waals surface area contributed by atoms with Crippen LogP contribution in [0.1, 0.15) is 11.1 Å². The van der Waals surface area contributed by atoms with Crippen molar-refractivity contribution in [3.8, 4) is 0 Å². The number of anilines is 2. The van der Waals surface area contributed by atoms with Gasteiger partial charge in [-0.2, -0.15) is 13.4 Å². The SMILES string of the molecule is O=S(=O)(c1ccccc1)n1nc(NCc2ccc(F)cc2)nc1NCc1ccc(F)cc1. The highest BCUT2D eigenvalue weighted by Gasteiger charge is 2.24. The molecule has 0 unspecified atom stereocenters. The van der Waals surface area contributed by atoms with Crippen LogP contribution >= 0.6 is 0 Å². The third-order valence-electron chi connectivity index (χ3n) is 4.58. The van der Waals surface area contributed by atoms with Gasteiger partial charge in [-0.25, -0.2) is 8.78 Å². The first-order valence-corrected chi connectivity index (χ1v) is 11.1. The van der Waals surface area contributed by atoms with Crippen LogP contribution in [0.15, 0.2) is 83.8 Å². The van der Waals surface area contributed by atoms with E-state index in [-0.39, 0.29) is 41.5 Å². The van der Waals surface area contributed by atoms with Gasteiger partial charge in [0.05, 0.1) is 4.90 Å². The second-order valence-corrected chi connectivity index (χ2v) is 8.65. The summed E-state index contributed by atoms with van der Waals surface area (Å²) in [6, 6.07) is 19.6. The zero-order valence-electron chi connectivity index (χ0n) is 16.7. The molecule has 164 valence electrons. The molecule has 1 aromatic heterocycles. The topological polar surface area (TPSA) is 88.9 Å². The first kappa shape index (κ1) is 21.4. The van der Waals surface area contributed by atoms with Crippen LogP contribution in [0.5, 0.6) is 0 Å². The van der Waals surface area contributed by atoms with Gasteiger partial charge >= 0.3 is 0 Å². The second-order valence-electron chi connectivity index (χ2n) is 6.88. The van der Waals surface area contributed by atoms with E-state index in [1.54, 1.807) is 42.5 Å². The lowest BCUT2D eigenvalue weighted by atomic mass is 10.2. The number of halogens is 2. The maximum atomic E-state index is 13.2. The fourth-order valence-electron chi connectivity index (χ4n) is 2.91. The van der Waals surface area contributed by atoms with Crippen molar-refractivity contribution in [2.75, 3.05) is 10.6 Å². The molecule has 7 nitrogen and oxygen atoms in total. The molecule has 0 spiro atoms. The lowest BCUT2D eigenvalue weighted by Crippen LogP contribution is -2.18. The number of hydrogen-bond donors (Lipinski definition) is 2. The van der Waals surface area contributed by atoms with Crippen molar-refractivity contribution in [3.05, 3.63) is 102 Å². The van der Waals surface area contributed by atoms with Crippen molar-refractivity contribution in [1.82, 2.24) is 14.2 Å². The average Bonchev–Trinajstić information content (AvgIpc) is 3.23. The Bertz CT molecular complexity index is 1290. The third kappa shape index (κ3) is 4.92. The summed E-state index contributed by atoms with van der Waals surface area (Å²) in [6.07, 6.45) is 0. The summed E-state index contributed by atoms with van der Waals surface area (Å²) in [5.74, 6) is -0.636. The minimum absolute atomic E-state index is 0.000200. The first-order valence-electron chi connectivity index (χ1n) is 9.66. The predicted molar refractivity (Wildman–Crippen MR) is 117 cm³/mol. The summed E-state index contributed by atoms with van der Waals surface area (Å²) in [7, 11) is -4.02. The molecule has 0 saturated heterocycles. The molecule has 4 rings (SSSR count). The molecule has 0 aliphatic heterocycles. The van der Waals surface area contributed by atoms with Crippen LogP contribution in [-0.4, -0.2) is 22.6 Å². The van der Waals surface area contributed by atoms with Crippen molar-refractivity contribution in [2.24, 2.45) is 0 Å². The lowest BCUT2D eigenvalue weighted by molar-refractivity contribution is 0.580. The van der Waals surface area contributed by atoms with Crippen LogP contribution in [0.3, 0.4) is 0 Å². The van der Waals surface area contributed by atoms with Gasteiger partial charge in [0.15, 0.2) is 0 Å². The molecule has 0 aliphatic carbocycles. The highest BCUT2D eigenvalue weighted by atomic mass is 32.2. The quantitative estimate of drug-likeness (QED) is 0.417. The zero-order valence-corrected chi connectivity index (χ0v) is 17.6. The number of hydrogen-bond acceptors (Lipinski definition) is 6. The molecule has 10 heteroatoms. The van der Waals surface area contributed by atoms with E-state index in [2.05, 4.69) is 20.7 Å². The highest BCUT2D eigenvalue weighted by Crippen LogP contribution is 2.20. The normalized spacial score (nSPS) is 11.3. The van der Waals surface area contributed by atoms with Gasteiger partial charge in [0.25, 0.3) is 10.0 Å². The number of aromatic nitrogens is 3. The molecule has 1 heterocycles. The van der Waals surface area contributed by atoms with E-state index in [9.17, 15) is 17.2 Å². The summed E-state index contributed by atoms with van der Waals surface area (Å²) in [5.41, 5.74) is 1.51. The second kappa shape index (κ2) is 9.15. The number of rotatable bonds is 8. The summed E-state index contributed by atoms with van der Waals surface area (Å²) in [4.78, 5) is 4.32. The molecule has 0 saturated carbocycles. The van der Waals surface area contributed by atoms with E-state index in [0.29, 0.717) is 0 Å². The molecule has 0 fully saturated rings. The molecule has 2 N–H and O–H groups in total. The van der Waals surface area contributed by atoms with Gasteiger partial charge in [-0.3, -0.25) is 0 Å². The Morgan fingerprint density at radius 1 is 0.750 bits per heavy atom. The van der Waals surface area contributed by atoms with Gasteiger partial charge in [-0.1, -0.05) is 42.5 Å². The number of benzene rings is 3. The Morgan fingerprint density at radius 3 is 1.84 bits per heavy atom.